The molecule has 2 aromatic carbocycles. The van der Waals surface area contributed by atoms with Gasteiger partial charge in [-0.1, -0.05) is 6.07 Å². The first-order chi connectivity index (χ1) is 14.7. The molecule has 3 aliphatic rings. The van der Waals surface area contributed by atoms with E-state index in [-0.39, 0.29) is 10.1 Å². The standard InChI is InChI=1S/C23H27NO4S2/c1-24-8-7-15-11-20-21(28-14-27-20)13-17(15)22(24)23(29-9-4-10-30-23)16-5-6-18(25-2)19(12-16)26-3/h5-6,11-13,22H,4,7-10,14H2,1-3H3. The van der Waals surface area contributed by atoms with Crippen molar-refractivity contribution in [3.05, 3.63) is 47.0 Å². The summed E-state index contributed by atoms with van der Waals surface area (Å²) in [6.45, 7) is 1.33. The van der Waals surface area contributed by atoms with E-state index in [1.54, 1.807) is 14.2 Å². The van der Waals surface area contributed by atoms with Crippen LogP contribution < -0.4 is 18.9 Å². The fraction of sp³-hybridized carbons (Fsp3) is 0.478. The van der Waals surface area contributed by atoms with Gasteiger partial charge in [0.05, 0.1) is 20.3 Å². The van der Waals surface area contributed by atoms with E-state index >= 15 is 0 Å². The van der Waals surface area contributed by atoms with Gasteiger partial charge in [0.25, 0.3) is 0 Å². The van der Waals surface area contributed by atoms with Gasteiger partial charge in [0.2, 0.25) is 6.79 Å². The molecule has 5 rings (SSSR count). The molecule has 3 aliphatic heterocycles. The summed E-state index contributed by atoms with van der Waals surface area (Å²) in [6, 6.07) is 11.0. The molecule has 0 aromatic heterocycles. The number of likely N-dealkylation sites (N-methyl/N-ethyl adjacent to an activating group) is 1. The van der Waals surface area contributed by atoms with Gasteiger partial charge < -0.3 is 18.9 Å². The third-order valence-electron chi connectivity index (χ3n) is 6.17. The Labute approximate surface area is 186 Å². The van der Waals surface area contributed by atoms with E-state index in [9.17, 15) is 0 Å². The quantitative estimate of drug-likeness (QED) is 0.676. The Morgan fingerprint density at radius 2 is 1.73 bits per heavy atom. The Morgan fingerprint density at radius 1 is 1.00 bits per heavy atom. The molecule has 0 radical (unpaired) electrons. The maximum absolute atomic E-state index is 5.75. The number of methoxy groups -OCH3 is 2. The molecule has 1 atom stereocenters. The lowest BCUT2D eigenvalue weighted by atomic mass is 9.87. The summed E-state index contributed by atoms with van der Waals surface area (Å²) in [5.74, 6) is 5.58. The van der Waals surface area contributed by atoms with Crippen LogP contribution in [-0.4, -0.2) is 51.0 Å². The van der Waals surface area contributed by atoms with Crippen molar-refractivity contribution in [3.8, 4) is 23.0 Å². The van der Waals surface area contributed by atoms with Crippen molar-refractivity contribution in [2.75, 3.05) is 46.1 Å². The van der Waals surface area contributed by atoms with E-state index in [1.165, 1.54) is 23.1 Å². The highest BCUT2D eigenvalue weighted by Gasteiger charge is 2.48. The summed E-state index contributed by atoms with van der Waals surface area (Å²) in [6.07, 6.45) is 2.26. The Balaban J connectivity index is 1.67. The predicted octanol–water partition coefficient (Wildman–Crippen LogP) is 4.68. The maximum atomic E-state index is 5.75. The molecule has 5 nitrogen and oxygen atoms in total. The lowest BCUT2D eigenvalue weighted by Gasteiger charge is -2.49. The molecule has 2 aromatic rings. The summed E-state index contributed by atoms with van der Waals surface area (Å²) in [5.41, 5.74) is 4.00. The van der Waals surface area contributed by atoms with E-state index in [2.05, 4.69) is 59.7 Å². The molecule has 0 saturated carbocycles. The monoisotopic (exact) mass is 445 g/mol. The lowest BCUT2D eigenvalue weighted by Crippen LogP contribution is -2.44. The summed E-state index contributed by atoms with van der Waals surface area (Å²) >= 11 is 4.11. The van der Waals surface area contributed by atoms with E-state index < -0.39 is 0 Å². The van der Waals surface area contributed by atoms with Gasteiger partial charge in [-0.25, -0.2) is 0 Å². The van der Waals surface area contributed by atoms with Crippen LogP contribution in [0.5, 0.6) is 23.0 Å². The van der Waals surface area contributed by atoms with Crippen molar-refractivity contribution in [2.24, 2.45) is 0 Å². The van der Waals surface area contributed by atoms with Crippen LogP contribution in [-0.2, 0) is 10.5 Å². The van der Waals surface area contributed by atoms with Crippen molar-refractivity contribution in [3.63, 3.8) is 0 Å². The lowest BCUT2D eigenvalue weighted by molar-refractivity contribution is 0.174. The first kappa shape index (κ1) is 20.2. The van der Waals surface area contributed by atoms with Gasteiger partial charge in [-0.2, -0.15) is 0 Å². The Bertz CT molecular complexity index is 945. The van der Waals surface area contributed by atoms with E-state index in [0.717, 1.165) is 47.5 Å². The average Bonchev–Trinajstić information content (AvgIpc) is 3.25. The molecule has 1 unspecified atom stereocenters. The van der Waals surface area contributed by atoms with Crippen LogP contribution in [0.3, 0.4) is 0 Å². The molecule has 0 bridgehead atoms. The smallest absolute Gasteiger partial charge is 0.231 e. The normalized spacial score (nSPS) is 22.4. The number of hydrogen-bond donors (Lipinski definition) is 0. The number of ether oxygens (including phenoxy) is 4. The second kappa shape index (κ2) is 8.09. The fourth-order valence-corrected chi connectivity index (χ4v) is 8.43. The second-order valence-corrected chi connectivity index (χ2v) is 10.8. The topological polar surface area (TPSA) is 40.2 Å². The second-order valence-electron chi connectivity index (χ2n) is 7.83. The van der Waals surface area contributed by atoms with Crippen LogP contribution >= 0.6 is 23.5 Å². The van der Waals surface area contributed by atoms with Crippen molar-refractivity contribution in [1.82, 2.24) is 4.90 Å². The van der Waals surface area contributed by atoms with E-state index in [4.69, 9.17) is 18.9 Å². The number of thioether (sulfide) groups is 2. The van der Waals surface area contributed by atoms with Gasteiger partial charge in [0.15, 0.2) is 23.0 Å². The highest BCUT2D eigenvalue weighted by Crippen LogP contribution is 2.61. The van der Waals surface area contributed by atoms with Crippen molar-refractivity contribution >= 4 is 23.5 Å². The molecule has 3 heterocycles. The van der Waals surface area contributed by atoms with Gasteiger partial charge in [-0.3, -0.25) is 4.90 Å². The van der Waals surface area contributed by atoms with Gasteiger partial charge in [0, 0.05) is 6.54 Å². The molecular formula is C23H27NO4S2. The SMILES string of the molecule is COc1ccc(C2(C3c4cc5c(cc4CCN3C)OCO5)SCCCS2)cc1OC. The molecular weight excluding hydrogens is 418 g/mol. The zero-order valence-corrected chi connectivity index (χ0v) is 19.2. The summed E-state index contributed by atoms with van der Waals surface area (Å²) in [7, 11) is 5.64. The molecule has 0 aliphatic carbocycles. The van der Waals surface area contributed by atoms with Gasteiger partial charge >= 0.3 is 0 Å². The van der Waals surface area contributed by atoms with Gasteiger partial charge in [0.1, 0.15) is 4.08 Å². The maximum Gasteiger partial charge on any atom is 0.231 e. The molecule has 0 N–H and O–H groups in total. The zero-order valence-electron chi connectivity index (χ0n) is 17.6. The summed E-state index contributed by atoms with van der Waals surface area (Å²) < 4.78 is 22.4. The molecule has 0 amide bonds. The van der Waals surface area contributed by atoms with Crippen molar-refractivity contribution in [1.29, 1.82) is 0 Å². The number of rotatable bonds is 4. The summed E-state index contributed by atoms with van der Waals surface area (Å²) in [5, 5.41) is 0. The Morgan fingerprint density at radius 3 is 2.47 bits per heavy atom. The van der Waals surface area contributed by atoms with Crippen LogP contribution in [0.2, 0.25) is 0 Å². The Hall–Kier alpha value is -1.70. The molecule has 160 valence electrons. The van der Waals surface area contributed by atoms with Crippen molar-refractivity contribution in [2.45, 2.75) is 23.0 Å². The number of nitrogens with zero attached hydrogens (tertiary/aromatic N) is 1. The summed E-state index contributed by atoms with van der Waals surface area (Å²) in [4.78, 5) is 2.51. The number of hydrogen-bond acceptors (Lipinski definition) is 7. The first-order valence-electron chi connectivity index (χ1n) is 10.3. The molecule has 7 heteroatoms. The highest BCUT2D eigenvalue weighted by molar-refractivity contribution is 8.18. The van der Waals surface area contributed by atoms with E-state index in [0.29, 0.717) is 6.79 Å². The average molecular weight is 446 g/mol. The molecule has 1 fully saturated rings. The molecule has 1 saturated heterocycles. The number of fused-ring (bicyclic) bond motifs is 2. The third-order valence-corrected chi connectivity index (χ3v) is 9.64. The fourth-order valence-electron chi connectivity index (χ4n) is 4.71. The third kappa shape index (κ3) is 3.22. The van der Waals surface area contributed by atoms with Crippen LogP contribution in [0.25, 0.3) is 0 Å². The zero-order chi connectivity index (χ0) is 20.7. The van der Waals surface area contributed by atoms with Crippen LogP contribution in [0.1, 0.15) is 29.2 Å². The molecule has 30 heavy (non-hydrogen) atoms. The number of benzene rings is 2. The van der Waals surface area contributed by atoms with Crippen LogP contribution in [0.4, 0.5) is 0 Å². The highest BCUT2D eigenvalue weighted by atomic mass is 32.2. The van der Waals surface area contributed by atoms with Crippen LogP contribution in [0, 0.1) is 0 Å². The first-order valence-corrected chi connectivity index (χ1v) is 12.3. The van der Waals surface area contributed by atoms with Crippen LogP contribution in [0.15, 0.2) is 30.3 Å². The van der Waals surface area contributed by atoms with Gasteiger partial charge in [-0.15, -0.1) is 23.5 Å². The minimum absolute atomic E-state index is 0.130. The molecule has 0 spiro atoms. The predicted molar refractivity (Wildman–Crippen MR) is 122 cm³/mol. The minimum atomic E-state index is -0.130. The Kier molecular flexibility index (Phi) is 5.45. The largest absolute Gasteiger partial charge is 0.493 e. The van der Waals surface area contributed by atoms with Gasteiger partial charge in [-0.05, 0) is 72.4 Å². The van der Waals surface area contributed by atoms with Crippen molar-refractivity contribution < 1.29 is 18.9 Å². The minimum Gasteiger partial charge on any atom is -0.493 e. The van der Waals surface area contributed by atoms with E-state index in [1.807, 2.05) is 6.07 Å².